The first-order valence-electron chi connectivity index (χ1n) is 10.8. The van der Waals surface area contributed by atoms with Crippen molar-refractivity contribution in [3.05, 3.63) is 84.2 Å². The van der Waals surface area contributed by atoms with Gasteiger partial charge in [0, 0.05) is 31.0 Å². The maximum absolute atomic E-state index is 12.4. The Balaban J connectivity index is 1.51. The van der Waals surface area contributed by atoms with Gasteiger partial charge in [-0.2, -0.15) is 0 Å². The van der Waals surface area contributed by atoms with Crippen LogP contribution in [0.3, 0.4) is 0 Å². The number of rotatable bonds is 11. The number of benzene rings is 2. The molecule has 0 radical (unpaired) electrons. The number of pyridine rings is 1. The van der Waals surface area contributed by atoms with Crippen molar-refractivity contribution in [2.24, 2.45) is 0 Å². The van der Waals surface area contributed by atoms with Crippen LogP contribution in [-0.4, -0.2) is 38.7 Å². The van der Waals surface area contributed by atoms with Gasteiger partial charge in [0.1, 0.15) is 5.75 Å². The molecular formula is C25H29N3O4S. The summed E-state index contributed by atoms with van der Waals surface area (Å²) in [5.41, 5.74) is 3.57. The summed E-state index contributed by atoms with van der Waals surface area (Å²) in [7, 11) is -3.47. The van der Waals surface area contributed by atoms with Crippen LogP contribution in [0.1, 0.15) is 30.9 Å². The van der Waals surface area contributed by atoms with E-state index in [1.807, 2.05) is 43.3 Å². The van der Waals surface area contributed by atoms with Crippen LogP contribution in [0.15, 0.2) is 73.1 Å². The number of hydrogen-bond donors (Lipinski definition) is 1. The Morgan fingerprint density at radius 3 is 2.21 bits per heavy atom. The van der Waals surface area contributed by atoms with Gasteiger partial charge in [0.15, 0.2) is 0 Å². The van der Waals surface area contributed by atoms with E-state index in [0.717, 1.165) is 18.2 Å². The van der Waals surface area contributed by atoms with Crippen LogP contribution in [0.2, 0.25) is 0 Å². The fourth-order valence-electron chi connectivity index (χ4n) is 3.41. The number of sulfonamides is 1. The largest absolute Gasteiger partial charge is 0.494 e. The molecule has 0 atom stereocenters. The number of hydrogen-bond acceptors (Lipinski definition) is 5. The summed E-state index contributed by atoms with van der Waals surface area (Å²) >= 11 is 0. The Bertz CT molecular complexity index is 1130. The van der Waals surface area contributed by atoms with Crippen LogP contribution in [-0.2, 0) is 21.2 Å². The van der Waals surface area contributed by atoms with E-state index >= 15 is 0 Å². The number of nitrogens with zero attached hydrogens (tertiary/aromatic N) is 2. The molecule has 0 aliphatic carbocycles. The van der Waals surface area contributed by atoms with Gasteiger partial charge >= 0.3 is 0 Å². The van der Waals surface area contributed by atoms with Gasteiger partial charge < -0.3 is 10.1 Å². The molecule has 3 aromatic rings. The number of carbonyl (C=O) groups is 1. The highest BCUT2D eigenvalue weighted by molar-refractivity contribution is 7.92. The lowest BCUT2D eigenvalue weighted by molar-refractivity contribution is -0.116. The fourth-order valence-corrected chi connectivity index (χ4v) is 4.38. The van der Waals surface area contributed by atoms with Crippen LogP contribution in [0, 0.1) is 0 Å². The molecule has 7 nitrogen and oxygen atoms in total. The second kappa shape index (κ2) is 11.5. The van der Waals surface area contributed by atoms with Crippen LogP contribution < -0.4 is 14.4 Å². The van der Waals surface area contributed by atoms with E-state index in [2.05, 4.69) is 10.3 Å². The van der Waals surface area contributed by atoms with E-state index in [1.165, 1.54) is 9.87 Å². The molecule has 0 unspecified atom stereocenters. The lowest BCUT2D eigenvalue weighted by atomic mass is 10.1. The minimum absolute atomic E-state index is 0.156. The third-order valence-corrected chi connectivity index (χ3v) is 6.19. The standard InChI is InChI=1S/C25H29N3O4S/c1-3-32-24-12-10-23(11-13-24)28(33(2,30)31)18-4-5-25(29)27-22-8-6-20(7-9-22)19-21-14-16-26-17-15-21/h6-17H,3-5,18-19H2,1-2H3,(H,27,29). The summed E-state index contributed by atoms with van der Waals surface area (Å²) in [4.78, 5) is 16.4. The number of anilines is 2. The van der Waals surface area contributed by atoms with Crippen molar-refractivity contribution >= 4 is 27.3 Å². The Hall–Kier alpha value is -3.39. The maximum atomic E-state index is 12.4. The number of ether oxygens (including phenoxy) is 1. The minimum Gasteiger partial charge on any atom is -0.494 e. The molecule has 174 valence electrons. The molecular weight excluding hydrogens is 438 g/mol. The van der Waals surface area contributed by atoms with Gasteiger partial charge in [0.2, 0.25) is 15.9 Å². The molecule has 0 aliphatic rings. The Labute approximate surface area is 195 Å². The molecule has 1 aromatic heterocycles. The average Bonchev–Trinajstić information content (AvgIpc) is 2.79. The molecule has 0 aliphatic heterocycles. The highest BCUT2D eigenvalue weighted by Crippen LogP contribution is 2.22. The van der Waals surface area contributed by atoms with E-state index in [1.54, 1.807) is 36.7 Å². The summed E-state index contributed by atoms with van der Waals surface area (Å²) < 4.78 is 31.2. The zero-order chi connectivity index (χ0) is 23.7. The van der Waals surface area contributed by atoms with E-state index in [0.29, 0.717) is 30.2 Å². The van der Waals surface area contributed by atoms with Crippen molar-refractivity contribution < 1.29 is 17.9 Å². The molecule has 8 heteroatoms. The predicted molar refractivity (Wildman–Crippen MR) is 131 cm³/mol. The highest BCUT2D eigenvalue weighted by Gasteiger charge is 2.17. The van der Waals surface area contributed by atoms with Crippen molar-refractivity contribution in [3.8, 4) is 5.75 Å². The summed E-state index contributed by atoms with van der Waals surface area (Å²) in [6.45, 7) is 2.64. The lowest BCUT2D eigenvalue weighted by Crippen LogP contribution is -2.31. The SMILES string of the molecule is CCOc1ccc(N(CCCC(=O)Nc2ccc(Cc3ccncc3)cc2)S(C)(=O)=O)cc1. The molecule has 0 saturated heterocycles. The first-order chi connectivity index (χ1) is 15.8. The van der Waals surface area contributed by atoms with Crippen LogP contribution in [0.25, 0.3) is 0 Å². The van der Waals surface area contributed by atoms with Crippen molar-refractivity contribution in [2.75, 3.05) is 29.0 Å². The molecule has 1 amide bonds. The second-order valence-corrected chi connectivity index (χ2v) is 9.55. The zero-order valence-electron chi connectivity index (χ0n) is 18.9. The van der Waals surface area contributed by atoms with Crippen molar-refractivity contribution in [2.45, 2.75) is 26.2 Å². The number of carbonyl (C=O) groups excluding carboxylic acids is 1. The summed E-state index contributed by atoms with van der Waals surface area (Å²) in [6, 6.07) is 18.5. The first kappa shape index (κ1) is 24.3. The molecule has 0 fully saturated rings. The van der Waals surface area contributed by atoms with E-state index in [9.17, 15) is 13.2 Å². The van der Waals surface area contributed by atoms with E-state index in [-0.39, 0.29) is 18.9 Å². The van der Waals surface area contributed by atoms with Crippen LogP contribution in [0.4, 0.5) is 11.4 Å². The fraction of sp³-hybridized carbons (Fsp3) is 0.280. The van der Waals surface area contributed by atoms with Crippen LogP contribution >= 0.6 is 0 Å². The van der Waals surface area contributed by atoms with Crippen molar-refractivity contribution in [1.29, 1.82) is 0 Å². The normalized spacial score (nSPS) is 11.1. The summed E-state index contributed by atoms with van der Waals surface area (Å²) in [6.07, 6.45) is 6.10. The van der Waals surface area contributed by atoms with Gasteiger partial charge in [-0.25, -0.2) is 8.42 Å². The van der Waals surface area contributed by atoms with Gasteiger partial charge in [-0.05, 0) is 79.4 Å². The Morgan fingerprint density at radius 2 is 1.61 bits per heavy atom. The summed E-state index contributed by atoms with van der Waals surface area (Å²) in [5.74, 6) is 0.526. The van der Waals surface area contributed by atoms with Crippen molar-refractivity contribution in [3.63, 3.8) is 0 Å². The molecule has 1 N–H and O–H groups in total. The highest BCUT2D eigenvalue weighted by atomic mass is 32.2. The molecule has 1 heterocycles. The number of aromatic nitrogens is 1. The first-order valence-corrected chi connectivity index (χ1v) is 12.7. The smallest absolute Gasteiger partial charge is 0.232 e. The molecule has 2 aromatic carbocycles. The topological polar surface area (TPSA) is 88.6 Å². The second-order valence-electron chi connectivity index (χ2n) is 7.64. The average molecular weight is 468 g/mol. The number of amides is 1. The van der Waals surface area contributed by atoms with E-state index < -0.39 is 10.0 Å². The third-order valence-electron chi connectivity index (χ3n) is 5.00. The minimum atomic E-state index is -3.47. The van der Waals surface area contributed by atoms with E-state index in [4.69, 9.17) is 4.74 Å². The Kier molecular flexibility index (Phi) is 8.43. The molecule has 33 heavy (non-hydrogen) atoms. The van der Waals surface area contributed by atoms with Gasteiger partial charge in [0.05, 0.1) is 18.6 Å². The van der Waals surface area contributed by atoms with Crippen LogP contribution in [0.5, 0.6) is 5.75 Å². The van der Waals surface area contributed by atoms with Gasteiger partial charge in [-0.1, -0.05) is 12.1 Å². The van der Waals surface area contributed by atoms with Crippen molar-refractivity contribution in [1.82, 2.24) is 4.98 Å². The third kappa shape index (κ3) is 7.61. The summed E-state index contributed by atoms with van der Waals surface area (Å²) in [5, 5.41) is 2.87. The Morgan fingerprint density at radius 1 is 0.970 bits per heavy atom. The predicted octanol–water partition coefficient (Wildman–Crippen LogP) is 4.26. The van der Waals surface area contributed by atoms with Gasteiger partial charge in [0.25, 0.3) is 0 Å². The van der Waals surface area contributed by atoms with Gasteiger partial charge in [-0.15, -0.1) is 0 Å². The molecule has 3 rings (SSSR count). The molecule has 0 saturated carbocycles. The maximum Gasteiger partial charge on any atom is 0.232 e. The lowest BCUT2D eigenvalue weighted by Gasteiger charge is -2.22. The zero-order valence-corrected chi connectivity index (χ0v) is 19.7. The quantitative estimate of drug-likeness (QED) is 0.455. The number of nitrogens with one attached hydrogen (secondary N) is 1. The molecule has 0 bridgehead atoms. The monoisotopic (exact) mass is 467 g/mol. The molecule has 0 spiro atoms. The van der Waals surface area contributed by atoms with Gasteiger partial charge in [-0.3, -0.25) is 14.1 Å².